The lowest BCUT2D eigenvalue weighted by Crippen LogP contribution is -2.25. The number of hydrogen-bond donors (Lipinski definition) is 1. The van der Waals surface area contributed by atoms with E-state index in [1.165, 1.54) is 47.4 Å². The smallest absolute Gasteiger partial charge is 0.108 e. The van der Waals surface area contributed by atoms with Crippen LogP contribution < -0.4 is 11.1 Å². The van der Waals surface area contributed by atoms with Crippen molar-refractivity contribution in [2.75, 3.05) is 5.73 Å². The van der Waals surface area contributed by atoms with Crippen LogP contribution in [0.25, 0.3) is 0 Å². The Labute approximate surface area is 93.1 Å². The monoisotopic (exact) mass is 216 g/mol. The molecule has 0 saturated heterocycles. The van der Waals surface area contributed by atoms with E-state index >= 15 is 0 Å². The predicted octanol–water partition coefficient (Wildman–Crippen LogP) is 1.24. The fourth-order valence-electron chi connectivity index (χ4n) is 2.69. The molecule has 1 aromatic rings. The zero-order chi connectivity index (χ0) is 10.3. The first kappa shape index (κ1) is 9.40. The van der Waals surface area contributed by atoms with Crippen LogP contribution in [0.1, 0.15) is 36.1 Å². The lowest BCUT2D eigenvalue weighted by Gasteiger charge is -2.12. The average Bonchev–Trinajstić information content (AvgIpc) is 2.56. The molecule has 1 aliphatic carbocycles. The molecule has 3 heteroatoms. The highest BCUT2D eigenvalue weighted by atomic mass is 28.2. The minimum atomic E-state index is 0.895. The molecule has 1 aromatic heterocycles. The van der Waals surface area contributed by atoms with Gasteiger partial charge in [-0.2, -0.15) is 0 Å². The van der Waals surface area contributed by atoms with Crippen molar-refractivity contribution in [1.82, 2.24) is 4.98 Å². The molecular formula is C12H16N2Si. The third-order valence-corrected chi connectivity index (χ3v) is 4.87. The molecule has 2 N–H and O–H groups in total. The molecule has 0 spiro atoms. The maximum Gasteiger partial charge on any atom is 0.108 e. The number of aryl methyl sites for hydroxylation is 1. The Morgan fingerprint density at radius 2 is 1.87 bits per heavy atom. The van der Waals surface area contributed by atoms with Crippen LogP contribution in [0.15, 0.2) is 0 Å². The topological polar surface area (TPSA) is 38.9 Å². The molecule has 0 amide bonds. The van der Waals surface area contributed by atoms with E-state index in [9.17, 15) is 0 Å². The van der Waals surface area contributed by atoms with Crippen molar-refractivity contribution < 1.29 is 0 Å². The van der Waals surface area contributed by atoms with Crippen molar-refractivity contribution in [1.29, 1.82) is 0 Å². The Hall–Kier alpha value is -0.833. The molecule has 78 valence electrons. The van der Waals surface area contributed by atoms with Crippen LogP contribution in [0.2, 0.25) is 6.04 Å². The van der Waals surface area contributed by atoms with Gasteiger partial charge < -0.3 is 5.73 Å². The Kier molecular flexibility index (Phi) is 2.28. The second kappa shape index (κ2) is 3.63. The number of anilines is 1. The number of nitrogen functional groups attached to an aromatic ring is 1. The Morgan fingerprint density at radius 3 is 2.80 bits per heavy atom. The number of nitrogens with zero attached hydrogens (tertiary/aromatic N) is 1. The first-order chi connectivity index (χ1) is 7.36. The van der Waals surface area contributed by atoms with Gasteiger partial charge in [-0.15, -0.1) is 0 Å². The lowest BCUT2D eigenvalue weighted by molar-refractivity contribution is 0.803. The minimum Gasteiger partial charge on any atom is -0.398 e. The maximum absolute atomic E-state index is 6.29. The number of fused-ring (bicyclic) bond motifs is 2. The Balaban J connectivity index is 2.15. The second-order valence-electron chi connectivity index (χ2n) is 4.52. The first-order valence-corrected chi connectivity index (χ1v) is 7.11. The van der Waals surface area contributed by atoms with Crippen LogP contribution in [0.3, 0.4) is 0 Å². The largest absolute Gasteiger partial charge is 0.398 e. The van der Waals surface area contributed by atoms with Crippen molar-refractivity contribution in [3.05, 3.63) is 16.8 Å². The first-order valence-electron chi connectivity index (χ1n) is 5.90. The second-order valence-corrected chi connectivity index (χ2v) is 5.84. The summed E-state index contributed by atoms with van der Waals surface area (Å²) in [4.78, 5) is 4.85. The molecule has 15 heavy (non-hydrogen) atoms. The molecule has 3 rings (SSSR count). The number of hydrogen-bond acceptors (Lipinski definition) is 2. The zero-order valence-corrected chi connectivity index (χ0v) is 9.97. The van der Waals surface area contributed by atoms with Crippen LogP contribution in [-0.4, -0.2) is 14.5 Å². The summed E-state index contributed by atoms with van der Waals surface area (Å²) in [6, 6.07) is 1.32. The molecule has 1 aliphatic heterocycles. The maximum atomic E-state index is 6.29. The molecule has 2 heterocycles. The van der Waals surface area contributed by atoms with Crippen molar-refractivity contribution in [3.8, 4) is 0 Å². The quantitative estimate of drug-likeness (QED) is 0.663. The fourth-order valence-corrected chi connectivity index (χ4v) is 4.04. The normalized spacial score (nSPS) is 19.5. The van der Waals surface area contributed by atoms with Crippen LogP contribution >= 0.6 is 0 Å². The number of pyridine rings is 1. The van der Waals surface area contributed by atoms with Crippen LogP contribution in [0.5, 0.6) is 0 Å². The van der Waals surface area contributed by atoms with Gasteiger partial charge in [0.15, 0.2) is 0 Å². The molecule has 0 bridgehead atoms. The van der Waals surface area contributed by atoms with E-state index in [1.54, 1.807) is 0 Å². The van der Waals surface area contributed by atoms with Crippen molar-refractivity contribution in [2.45, 2.75) is 44.6 Å². The fraction of sp³-hybridized carbons (Fsp3) is 0.583. The van der Waals surface area contributed by atoms with Gasteiger partial charge in [-0.1, -0.05) is 12.5 Å². The highest BCUT2D eigenvalue weighted by Gasteiger charge is 2.22. The standard InChI is InChI=1S/C12H16N2Si/c13-11-8-5-3-6-10(8)14-12-9(11)4-1-2-7-15-12/h1-7H2,(H2,13,14). The summed E-state index contributed by atoms with van der Waals surface area (Å²) >= 11 is 0. The molecular weight excluding hydrogens is 200 g/mol. The summed E-state index contributed by atoms with van der Waals surface area (Å²) in [5.41, 5.74) is 11.5. The zero-order valence-electron chi connectivity index (χ0n) is 8.97. The number of aromatic nitrogens is 1. The van der Waals surface area contributed by atoms with Gasteiger partial charge in [-0.05, 0) is 43.2 Å². The summed E-state index contributed by atoms with van der Waals surface area (Å²) in [5, 5.41) is 1.34. The van der Waals surface area contributed by atoms with Gasteiger partial charge in [0.2, 0.25) is 0 Å². The number of rotatable bonds is 0. The molecule has 2 aliphatic rings. The van der Waals surface area contributed by atoms with E-state index in [-0.39, 0.29) is 0 Å². The molecule has 0 aromatic carbocycles. The summed E-state index contributed by atoms with van der Waals surface area (Å²) in [6.45, 7) is 0. The SMILES string of the molecule is Nc1c2c(nc3c1CCCC[Si]3)CCC2. The molecule has 0 atom stereocenters. The van der Waals surface area contributed by atoms with E-state index in [2.05, 4.69) is 0 Å². The van der Waals surface area contributed by atoms with Crippen LogP contribution in [0, 0.1) is 0 Å². The molecule has 0 fully saturated rings. The lowest BCUT2D eigenvalue weighted by atomic mass is 10.0. The minimum absolute atomic E-state index is 0.895. The summed E-state index contributed by atoms with van der Waals surface area (Å²) < 4.78 is 0. The van der Waals surface area contributed by atoms with Crippen molar-refractivity contribution in [2.24, 2.45) is 0 Å². The van der Waals surface area contributed by atoms with Gasteiger partial charge in [0.25, 0.3) is 0 Å². The third kappa shape index (κ3) is 1.49. The van der Waals surface area contributed by atoms with E-state index in [0.29, 0.717) is 0 Å². The Morgan fingerprint density at radius 1 is 1.00 bits per heavy atom. The van der Waals surface area contributed by atoms with Crippen molar-refractivity contribution >= 4 is 20.5 Å². The summed E-state index contributed by atoms with van der Waals surface area (Å²) in [6.07, 6.45) is 7.36. The van der Waals surface area contributed by atoms with Gasteiger partial charge in [0, 0.05) is 16.7 Å². The van der Waals surface area contributed by atoms with E-state index in [4.69, 9.17) is 10.7 Å². The van der Waals surface area contributed by atoms with Gasteiger partial charge in [-0.3, -0.25) is 4.98 Å². The molecule has 2 radical (unpaired) electrons. The highest BCUT2D eigenvalue weighted by Crippen LogP contribution is 2.28. The third-order valence-electron chi connectivity index (χ3n) is 3.52. The van der Waals surface area contributed by atoms with E-state index < -0.39 is 0 Å². The van der Waals surface area contributed by atoms with Gasteiger partial charge >= 0.3 is 0 Å². The van der Waals surface area contributed by atoms with E-state index in [0.717, 1.165) is 34.5 Å². The summed E-state index contributed by atoms with van der Waals surface area (Å²) in [5.74, 6) is 0. The summed E-state index contributed by atoms with van der Waals surface area (Å²) in [7, 11) is 0.895. The van der Waals surface area contributed by atoms with Crippen LogP contribution in [-0.2, 0) is 19.3 Å². The number of nitrogens with two attached hydrogens (primary N) is 1. The van der Waals surface area contributed by atoms with Gasteiger partial charge in [0.05, 0.1) is 0 Å². The molecule has 2 nitrogen and oxygen atoms in total. The van der Waals surface area contributed by atoms with Crippen molar-refractivity contribution in [3.63, 3.8) is 0 Å². The Bertz CT molecular complexity index is 401. The van der Waals surface area contributed by atoms with Gasteiger partial charge in [0.1, 0.15) is 9.52 Å². The molecule has 0 unspecified atom stereocenters. The van der Waals surface area contributed by atoms with Gasteiger partial charge in [-0.25, -0.2) is 0 Å². The highest BCUT2D eigenvalue weighted by molar-refractivity contribution is 6.53. The molecule has 0 saturated carbocycles. The predicted molar refractivity (Wildman–Crippen MR) is 63.8 cm³/mol. The van der Waals surface area contributed by atoms with Crippen LogP contribution in [0.4, 0.5) is 5.69 Å². The van der Waals surface area contributed by atoms with E-state index in [1.807, 2.05) is 0 Å². The average molecular weight is 216 g/mol.